The summed E-state index contributed by atoms with van der Waals surface area (Å²) in [6.45, 7) is 6.26. The van der Waals surface area contributed by atoms with Crippen molar-refractivity contribution < 1.29 is 4.79 Å². The highest BCUT2D eigenvalue weighted by molar-refractivity contribution is 7.98. The maximum absolute atomic E-state index is 12.5. The molecule has 0 saturated carbocycles. The van der Waals surface area contributed by atoms with Gasteiger partial charge < -0.3 is 5.32 Å². The number of rotatable bonds is 12. The molecule has 0 aliphatic carbocycles. The van der Waals surface area contributed by atoms with Gasteiger partial charge in [-0.25, -0.2) is 0 Å². The van der Waals surface area contributed by atoms with E-state index in [4.69, 9.17) is 0 Å². The average Bonchev–Trinajstić information content (AvgIpc) is 3.23. The monoisotopic (exact) mass is 450 g/mol. The topological polar surface area (TPSA) is 59.8 Å². The van der Waals surface area contributed by atoms with E-state index in [1.165, 1.54) is 30.4 Å². The molecular weight excluding hydrogens is 416 g/mol. The van der Waals surface area contributed by atoms with Gasteiger partial charge in [0.25, 0.3) is 0 Å². The zero-order chi connectivity index (χ0) is 22.8. The van der Waals surface area contributed by atoms with Crippen molar-refractivity contribution >= 4 is 17.7 Å². The van der Waals surface area contributed by atoms with E-state index >= 15 is 0 Å². The zero-order valence-corrected chi connectivity index (χ0v) is 20.2. The van der Waals surface area contributed by atoms with Gasteiger partial charge in [0.15, 0.2) is 11.0 Å². The summed E-state index contributed by atoms with van der Waals surface area (Å²) < 4.78 is 2.07. The van der Waals surface area contributed by atoms with Crippen molar-refractivity contribution in [3.63, 3.8) is 0 Å². The van der Waals surface area contributed by atoms with Gasteiger partial charge in [0, 0.05) is 17.9 Å². The van der Waals surface area contributed by atoms with Crippen LogP contribution in [0.1, 0.15) is 75.4 Å². The summed E-state index contributed by atoms with van der Waals surface area (Å²) in [5, 5.41) is 12.9. The highest BCUT2D eigenvalue weighted by Gasteiger charge is 2.21. The van der Waals surface area contributed by atoms with Gasteiger partial charge in [-0.1, -0.05) is 92.4 Å². The van der Waals surface area contributed by atoms with E-state index in [0.29, 0.717) is 6.42 Å². The Balaban J connectivity index is 1.73. The van der Waals surface area contributed by atoms with E-state index in [9.17, 15) is 4.79 Å². The predicted molar refractivity (Wildman–Crippen MR) is 132 cm³/mol. The molecule has 5 nitrogen and oxygen atoms in total. The molecule has 1 heterocycles. The number of hydrogen-bond donors (Lipinski definition) is 1. The van der Waals surface area contributed by atoms with Gasteiger partial charge in [-0.3, -0.25) is 9.36 Å². The van der Waals surface area contributed by atoms with Crippen molar-refractivity contribution in [1.29, 1.82) is 0 Å². The molecule has 0 aliphatic heterocycles. The van der Waals surface area contributed by atoms with Crippen molar-refractivity contribution in [2.24, 2.45) is 0 Å². The molecule has 0 bridgehead atoms. The standard InChI is InChI=1S/C26H34N4OS/c1-4-5-6-7-11-14-24(31)27-21(3)25-28-29-26(32-19-22-12-9-8-10-13-22)30(25)23-17-15-20(2)16-18-23/h8-10,12-13,15-18,21H,4-7,11,14,19H2,1-3H3,(H,27,31). The molecule has 2 aromatic carbocycles. The SMILES string of the molecule is CCCCCCCC(=O)NC(C)c1nnc(SCc2ccccc2)n1-c1ccc(C)cc1. The molecule has 0 spiro atoms. The summed E-state index contributed by atoms with van der Waals surface area (Å²) in [7, 11) is 0. The third kappa shape index (κ3) is 6.95. The number of aromatic nitrogens is 3. The first kappa shape index (κ1) is 24.1. The number of benzene rings is 2. The lowest BCUT2D eigenvalue weighted by atomic mass is 10.1. The Bertz CT molecular complexity index is 969. The number of nitrogens with one attached hydrogen (secondary N) is 1. The van der Waals surface area contributed by atoms with Crippen LogP contribution < -0.4 is 5.32 Å². The van der Waals surface area contributed by atoms with E-state index in [1.807, 2.05) is 25.1 Å². The molecular formula is C26H34N4OS. The second kappa shape index (κ2) is 12.4. The maximum Gasteiger partial charge on any atom is 0.220 e. The summed E-state index contributed by atoms with van der Waals surface area (Å²) >= 11 is 1.65. The molecule has 1 N–H and O–H groups in total. The van der Waals surface area contributed by atoms with Crippen LogP contribution in [0.2, 0.25) is 0 Å². The predicted octanol–water partition coefficient (Wildman–Crippen LogP) is 6.41. The van der Waals surface area contributed by atoms with Gasteiger partial charge in [0.1, 0.15) is 0 Å². The van der Waals surface area contributed by atoms with Crippen molar-refractivity contribution in [2.75, 3.05) is 0 Å². The lowest BCUT2D eigenvalue weighted by Gasteiger charge is -2.16. The quantitative estimate of drug-likeness (QED) is 0.256. The van der Waals surface area contributed by atoms with Crippen molar-refractivity contribution in [2.45, 2.75) is 76.2 Å². The first-order valence-electron chi connectivity index (χ1n) is 11.6. The number of unbranched alkanes of at least 4 members (excludes halogenated alkanes) is 4. The minimum Gasteiger partial charge on any atom is -0.346 e. The summed E-state index contributed by atoms with van der Waals surface area (Å²) in [6.07, 6.45) is 6.24. The first-order chi connectivity index (χ1) is 15.6. The van der Waals surface area contributed by atoms with E-state index in [0.717, 1.165) is 35.3 Å². The van der Waals surface area contributed by atoms with Crippen LogP contribution in [0.5, 0.6) is 0 Å². The Morgan fingerprint density at radius 1 is 1.00 bits per heavy atom. The van der Waals surface area contributed by atoms with Crippen LogP contribution in [0, 0.1) is 6.92 Å². The van der Waals surface area contributed by atoms with Gasteiger partial charge in [-0.15, -0.1) is 10.2 Å². The second-order valence-corrected chi connectivity index (χ2v) is 9.18. The van der Waals surface area contributed by atoms with Crippen molar-refractivity contribution in [3.8, 4) is 5.69 Å². The molecule has 0 radical (unpaired) electrons. The number of carbonyl (C=O) groups is 1. The second-order valence-electron chi connectivity index (χ2n) is 8.24. The number of carbonyl (C=O) groups excluding carboxylic acids is 1. The molecule has 3 aromatic rings. The Labute approximate surface area is 196 Å². The number of nitrogens with zero attached hydrogens (tertiary/aromatic N) is 3. The number of thioether (sulfide) groups is 1. The normalized spacial score (nSPS) is 12.0. The Hall–Kier alpha value is -2.60. The lowest BCUT2D eigenvalue weighted by Crippen LogP contribution is -2.28. The fourth-order valence-corrected chi connectivity index (χ4v) is 4.50. The van der Waals surface area contributed by atoms with Crippen LogP contribution in [0.4, 0.5) is 0 Å². The fraction of sp³-hybridized carbons (Fsp3) is 0.423. The lowest BCUT2D eigenvalue weighted by molar-refractivity contribution is -0.121. The summed E-state index contributed by atoms with van der Waals surface area (Å²) in [5.41, 5.74) is 3.44. The van der Waals surface area contributed by atoms with Crippen LogP contribution in [0.3, 0.4) is 0 Å². The van der Waals surface area contributed by atoms with E-state index in [2.05, 4.69) is 70.3 Å². The van der Waals surface area contributed by atoms with Crippen molar-refractivity contribution in [1.82, 2.24) is 20.1 Å². The highest BCUT2D eigenvalue weighted by atomic mass is 32.2. The van der Waals surface area contributed by atoms with Crippen LogP contribution in [0.25, 0.3) is 5.69 Å². The molecule has 1 aromatic heterocycles. The Kier molecular flexibility index (Phi) is 9.35. The van der Waals surface area contributed by atoms with E-state index < -0.39 is 0 Å². The highest BCUT2D eigenvalue weighted by Crippen LogP contribution is 2.27. The molecule has 0 fully saturated rings. The molecule has 1 amide bonds. The molecule has 1 atom stereocenters. The zero-order valence-electron chi connectivity index (χ0n) is 19.4. The Morgan fingerprint density at radius 2 is 1.72 bits per heavy atom. The van der Waals surface area contributed by atoms with E-state index in [1.54, 1.807) is 11.8 Å². The van der Waals surface area contributed by atoms with Gasteiger partial charge in [0.05, 0.1) is 6.04 Å². The minimum atomic E-state index is -0.224. The fourth-order valence-electron chi connectivity index (χ4n) is 3.58. The molecule has 32 heavy (non-hydrogen) atoms. The summed E-state index contributed by atoms with van der Waals surface area (Å²) in [4.78, 5) is 12.5. The molecule has 3 rings (SSSR count). The summed E-state index contributed by atoms with van der Waals surface area (Å²) in [5.74, 6) is 1.64. The minimum absolute atomic E-state index is 0.0749. The molecule has 0 saturated heterocycles. The van der Waals surface area contributed by atoms with Crippen LogP contribution >= 0.6 is 11.8 Å². The smallest absolute Gasteiger partial charge is 0.220 e. The van der Waals surface area contributed by atoms with Gasteiger partial charge in [-0.05, 0) is 38.0 Å². The number of hydrogen-bond acceptors (Lipinski definition) is 4. The molecule has 1 unspecified atom stereocenters. The number of aryl methyl sites for hydroxylation is 1. The number of amides is 1. The molecule has 170 valence electrons. The van der Waals surface area contributed by atoms with E-state index in [-0.39, 0.29) is 11.9 Å². The van der Waals surface area contributed by atoms with Crippen molar-refractivity contribution in [3.05, 3.63) is 71.5 Å². The molecule has 0 aliphatic rings. The average molecular weight is 451 g/mol. The van der Waals surface area contributed by atoms with Gasteiger partial charge in [0.2, 0.25) is 5.91 Å². The van der Waals surface area contributed by atoms with Gasteiger partial charge >= 0.3 is 0 Å². The van der Waals surface area contributed by atoms with Crippen LogP contribution in [-0.2, 0) is 10.5 Å². The third-order valence-electron chi connectivity index (χ3n) is 5.43. The van der Waals surface area contributed by atoms with Crippen LogP contribution in [0.15, 0.2) is 59.8 Å². The first-order valence-corrected chi connectivity index (χ1v) is 12.6. The largest absolute Gasteiger partial charge is 0.346 e. The van der Waals surface area contributed by atoms with Gasteiger partial charge in [-0.2, -0.15) is 0 Å². The van der Waals surface area contributed by atoms with Crippen LogP contribution in [-0.4, -0.2) is 20.7 Å². The maximum atomic E-state index is 12.5. The summed E-state index contributed by atoms with van der Waals surface area (Å²) in [6, 6.07) is 18.5. The third-order valence-corrected chi connectivity index (χ3v) is 6.43. The Morgan fingerprint density at radius 3 is 2.44 bits per heavy atom. The molecule has 6 heteroatoms.